The van der Waals surface area contributed by atoms with E-state index in [4.69, 9.17) is 34.8 Å². The van der Waals surface area contributed by atoms with Crippen LogP contribution in [0.15, 0.2) is 87.8 Å². The zero-order chi connectivity index (χ0) is 27.5. The third-order valence-corrected chi connectivity index (χ3v) is 8.93. The van der Waals surface area contributed by atoms with Crippen molar-refractivity contribution < 1.29 is 4.21 Å². The molecule has 38 heavy (non-hydrogen) atoms. The van der Waals surface area contributed by atoms with Gasteiger partial charge >= 0.3 is 0 Å². The molecule has 0 saturated carbocycles. The first-order valence-corrected chi connectivity index (χ1v) is 14.4. The van der Waals surface area contributed by atoms with Crippen molar-refractivity contribution in [1.29, 1.82) is 5.26 Å². The summed E-state index contributed by atoms with van der Waals surface area (Å²) < 4.78 is 13.3. The van der Waals surface area contributed by atoms with Gasteiger partial charge < -0.3 is 0 Å². The van der Waals surface area contributed by atoms with Gasteiger partial charge in [-0.2, -0.15) is 10.2 Å². The fourth-order valence-corrected chi connectivity index (χ4v) is 6.33. The number of halogens is 3. The van der Waals surface area contributed by atoms with Gasteiger partial charge in [0.05, 0.1) is 28.8 Å². The van der Waals surface area contributed by atoms with E-state index in [9.17, 15) is 9.47 Å². The number of hydrogen-bond donors (Lipinski definition) is 0. The van der Waals surface area contributed by atoms with E-state index in [-0.39, 0.29) is 11.8 Å². The highest BCUT2D eigenvalue weighted by molar-refractivity contribution is 7.85. The summed E-state index contributed by atoms with van der Waals surface area (Å²) in [4.78, 5) is 7.18. The van der Waals surface area contributed by atoms with Crippen molar-refractivity contribution in [3.05, 3.63) is 105 Å². The third-order valence-electron chi connectivity index (χ3n) is 6.64. The molecule has 0 radical (unpaired) electrons. The minimum absolute atomic E-state index is 0.0205. The lowest BCUT2D eigenvalue weighted by atomic mass is 9.74. The monoisotopic (exact) mass is 582 g/mol. The molecule has 4 rings (SSSR count). The highest BCUT2D eigenvalue weighted by Gasteiger charge is 2.36. The maximum Gasteiger partial charge on any atom is 0.255 e. The number of rotatable bonds is 8. The normalized spacial score (nSPS) is 15.1. The van der Waals surface area contributed by atoms with Crippen LogP contribution in [0.25, 0.3) is 0 Å². The summed E-state index contributed by atoms with van der Waals surface area (Å²) in [6, 6.07) is 21.1. The summed E-state index contributed by atoms with van der Waals surface area (Å²) in [5, 5.41) is 11.8. The summed E-state index contributed by atoms with van der Waals surface area (Å²) in [6.45, 7) is 6.96. The van der Waals surface area contributed by atoms with Crippen molar-refractivity contribution in [2.24, 2.45) is 4.99 Å². The van der Waals surface area contributed by atoms with E-state index in [1.54, 1.807) is 18.3 Å². The molecule has 0 aromatic heterocycles. The molecule has 2 unspecified atom stereocenters. The van der Waals surface area contributed by atoms with Crippen LogP contribution >= 0.6 is 34.8 Å². The SMILES string of the molecule is CC(C)(C)c1ccc(S(=O)c2ccc(C(C#N)(CCN3[C+]=NC=C3)Cc3c(Cl)cc(Cl)cc3Cl)cc2)cc1. The van der Waals surface area contributed by atoms with Crippen molar-refractivity contribution in [2.45, 2.75) is 54.2 Å². The van der Waals surface area contributed by atoms with Crippen LogP contribution in [0.3, 0.4) is 0 Å². The molecule has 0 amide bonds. The molecule has 0 saturated heterocycles. The zero-order valence-corrected chi connectivity index (χ0v) is 24.4. The van der Waals surface area contributed by atoms with Gasteiger partial charge in [0.1, 0.15) is 0 Å². The molecule has 0 spiro atoms. The molecular weight excluding hydrogens is 557 g/mol. The Hall–Kier alpha value is -2.71. The van der Waals surface area contributed by atoms with Crippen LogP contribution in [-0.4, -0.2) is 22.0 Å². The van der Waals surface area contributed by atoms with Crippen LogP contribution in [0.5, 0.6) is 0 Å². The minimum atomic E-state index is -1.35. The van der Waals surface area contributed by atoms with E-state index in [0.29, 0.717) is 38.5 Å². The van der Waals surface area contributed by atoms with Crippen molar-refractivity contribution >= 4 is 51.9 Å². The fraction of sp³-hybridized carbons (Fsp3) is 0.267. The predicted molar refractivity (Wildman–Crippen MR) is 157 cm³/mol. The van der Waals surface area contributed by atoms with Gasteiger partial charge in [-0.1, -0.05) is 79.8 Å². The number of aliphatic imine (C=N–C) groups is 1. The molecular formula is C30H27Cl3N3OS+. The van der Waals surface area contributed by atoms with Gasteiger partial charge in [-0.3, -0.25) is 0 Å². The second kappa shape index (κ2) is 11.6. The first-order chi connectivity index (χ1) is 18.0. The number of nitrogens with zero attached hydrogens (tertiary/aromatic N) is 3. The average Bonchev–Trinajstić information content (AvgIpc) is 3.41. The van der Waals surface area contributed by atoms with Gasteiger partial charge in [0, 0.05) is 24.9 Å². The van der Waals surface area contributed by atoms with Gasteiger partial charge in [-0.15, -0.1) is 0 Å². The Balaban J connectivity index is 1.66. The van der Waals surface area contributed by atoms with Gasteiger partial charge in [-0.25, -0.2) is 4.21 Å². The lowest BCUT2D eigenvalue weighted by Gasteiger charge is -2.29. The molecule has 3 aromatic carbocycles. The van der Waals surface area contributed by atoms with Crippen molar-refractivity contribution in [3.8, 4) is 6.07 Å². The minimum Gasteiger partial charge on any atom is -0.249 e. The standard InChI is InChI=1S/C30H27Cl3N3OS/c1-29(2,3)21-4-8-24(9-5-21)38(37)25-10-6-22(7-11-25)30(19-34,12-14-36-15-13-35-20-36)18-26-27(32)16-23(31)17-28(26)33/h4-11,13,15-17H,12,14,18H2,1-3H3/q+1. The van der Waals surface area contributed by atoms with E-state index >= 15 is 0 Å². The second-order valence-corrected chi connectivity index (χ2v) is 13.0. The van der Waals surface area contributed by atoms with Gasteiger partial charge in [0.15, 0.2) is 6.20 Å². The maximum atomic E-state index is 13.3. The Kier molecular flexibility index (Phi) is 8.62. The predicted octanol–water partition coefficient (Wildman–Crippen LogP) is 8.20. The van der Waals surface area contributed by atoms with E-state index in [1.165, 1.54) is 5.56 Å². The zero-order valence-electron chi connectivity index (χ0n) is 21.3. The van der Waals surface area contributed by atoms with Crippen LogP contribution in [0.2, 0.25) is 15.1 Å². The number of hydrogen-bond acceptors (Lipinski definition) is 4. The van der Waals surface area contributed by atoms with Crippen molar-refractivity contribution in [1.82, 2.24) is 4.90 Å². The van der Waals surface area contributed by atoms with Crippen LogP contribution in [0.4, 0.5) is 0 Å². The Morgan fingerprint density at radius 3 is 1.97 bits per heavy atom. The van der Waals surface area contributed by atoms with Gasteiger partial charge in [0.25, 0.3) is 6.34 Å². The van der Waals surface area contributed by atoms with E-state index in [1.807, 2.05) is 59.6 Å². The molecule has 1 aliphatic heterocycles. The number of nitriles is 1. The lowest BCUT2D eigenvalue weighted by Crippen LogP contribution is -2.32. The quantitative estimate of drug-likeness (QED) is 0.251. The van der Waals surface area contributed by atoms with Crippen molar-refractivity contribution in [3.63, 3.8) is 0 Å². The molecule has 4 nitrogen and oxygen atoms in total. The highest BCUT2D eigenvalue weighted by atomic mass is 35.5. The van der Waals surface area contributed by atoms with Gasteiger partial charge in [-0.05, 0) is 76.3 Å². The van der Waals surface area contributed by atoms with E-state index in [2.05, 4.69) is 38.2 Å². The average molecular weight is 584 g/mol. The molecule has 0 bridgehead atoms. The van der Waals surface area contributed by atoms with Crippen LogP contribution in [0, 0.1) is 11.3 Å². The van der Waals surface area contributed by atoms with Crippen LogP contribution in [0.1, 0.15) is 43.9 Å². The molecule has 1 aliphatic rings. The topological polar surface area (TPSA) is 56.5 Å². The summed E-state index contributed by atoms with van der Waals surface area (Å²) >= 11 is 19.2. The lowest BCUT2D eigenvalue weighted by molar-refractivity contribution is 0.434. The van der Waals surface area contributed by atoms with Crippen LogP contribution in [-0.2, 0) is 28.1 Å². The molecule has 3 aromatic rings. The maximum absolute atomic E-state index is 13.3. The van der Waals surface area contributed by atoms with Gasteiger partial charge in [0.2, 0.25) is 6.20 Å². The largest absolute Gasteiger partial charge is 0.255 e. The molecule has 0 aliphatic carbocycles. The molecule has 1 heterocycles. The molecule has 2 atom stereocenters. The smallest absolute Gasteiger partial charge is 0.249 e. The number of benzene rings is 3. The summed E-state index contributed by atoms with van der Waals surface area (Å²) in [5.74, 6) is 0. The first kappa shape index (κ1) is 28.3. The Bertz CT molecular complexity index is 1400. The first-order valence-electron chi connectivity index (χ1n) is 12.1. The highest BCUT2D eigenvalue weighted by Crippen LogP contribution is 2.39. The summed E-state index contributed by atoms with van der Waals surface area (Å²) in [7, 11) is -1.35. The third kappa shape index (κ3) is 6.29. The molecule has 0 fully saturated rings. The molecule has 8 heteroatoms. The Morgan fingerprint density at radius 1 is 0.947 bits per heavy atom. The molecule has 0 N–H and O–H groups in total. The molecule has 194 valence electrons. The second-order valence-electron chi connectivity index (χ2n) is 10.3. The summed E-state index contributed by atoms with van der Waals surface area (Å²) in [6.07, 6.45) is 7.08. The van der Waals surface area contributed by atoms with Crippen LogP contribution < -0.4 is 0 Å². The van der Waals surface area contributed by atoms with Crippen molar-refractivity contribution in [2.75, 3.05) is 6.54 Å². The Morgan fingerprint density at radius 2 is 1.50 bits per heavy atom. The summed E-state index contributed by atoms with van der Waals surface area (Å²) in [5.41, 5.74) is 1.67. The van der Waals surface area contributed by atoms with E-state index in [0.717, 1.165) is 10.5 Å². The van der Waals surface area contributed by atoms with E-state index < -0.39 is 16.2 Å². The Labute approximate surface area is 242 Å². The fourth-order valence-electron chi connectivity index (χ4n) is 4.34.